The summed E-state index contributed by atoms with van der Waals surface area (Å²) < 4.78 is 55.1. The molecule has 0 amide bonds. The Morgan fingerprint density at radius 1 is 1.26 bits per heavy atom. The molecule has 7 nitrogen and oxygen atoms in total. The van der Waals surface area contributed by atoms with Crippen LogP contribution in [0.2, 0.25) is 0 Å². The van der Waals surface area contributed by atoms with Gasteiger partial charge in [0.15, 0.2) is 0 Å². The Labute approximate surface area is 175 Å². The molecule has 31 heavy (non-hydrogen) atoms. The van der Waals surface area contributed by atoms with Crippen molar-refractivity contribution in [2.24, 2.45) is 16.6 Å². The standard InChI is InChI=1S/C21H18F3N5O2/c1-30-16-8-27-19-13(28-16)4-5-26-14(19)6-10-2-3-12(23)17(18(10)24)21(9-22)11-7-15(11)31-20(25)29-21/h2-5,8,11,15H,6-7,9H2,1H3,(H2,25,29)/t11-,15+,21-/m1/s1. The molecule has 3 heterocycles. The molecule has 0 radical (unpaired) electrons. The summed E-state index contributed by atoms with van der Waals surface area (Å²) in [6, 6.07) is 3.82. The number of benzene rings is 1. The maximum Gasteiger partial charge on any atom is 0.283 e. The number of halogens is 3. The average molecular weight is 429 g/mol. The van der Waals surface area contributed by atoms with Gasteiger partial charge >= 0.3 is 0 Å². The van der Waals surface area contributed by atoms with Gasteiger partial charge in [0.2, 0.25) is 5.88 Å². The minimum Gasteiger partial charge on any atom is -0.480 e. The number of fused-ring (bicyclic) bond motifs is 2. The molecule has 10 heteroatoms. The Morgan fingerprint density at radius 3 is 2.87 bits per heavy atom. The number of aromatic nitrogens is 3. The lowest BCUT2D eigenvalue weighted by atomic mass is 9.83. The van der Waals surface area contributed by atoms with Gasteiger partial charge in [-0.25, -0.2) is 28.1 Å². The van der Waals surface area contributed by atoms with Crippen LogP contribution in [0, 0.1) is 17.6 Å². The van der Waals surface area contributed by atoms with Crippen LogP contribution >= 0.6 is 0 Å². The molecule has 2 aromatic heterocycles. The fraction of sp³-hybridized carbons (Fsp3) is 0.333. The van der Waals surface area contributed by atoms with Crippen LogP contribution in [0.1, 0.15) is 23.2 Å². The monoisotopic (exact) mass is 429 g/mol. The van der Waals surface area contributed by atoms with Gasteiger partial charge in [0.25, 0.3) is 6.02 Å². The number of aliphatic imine (C=N–C) groups is 1. The number of amidine groups is 1. The lowest BCUT2D eigenvalue weighted by Gasteiger charge is -2.32. The van der Waals surface area contributed by atoms with Crippen LogP contribution in [0.25, 0.3) is 11.0 Å². The van der Waals surface area contributed by atoms with E-state index in [9.17, 15) is 8.78 Å². The summed E-state index contributed by atoms with van der Waals surface area (Å²) in [5, 5.41) is 0. The minimum absolute atomic E-state index is 0.00359. The number of alkyl halides is 1. The average Bonchev–Trinajstić information content (AvgIpc) is 3.55. The third kappa shape index (κ3) is 3.05. The summed E-state index contributed by atoms with van der Waals surface area (Å²) >= 11 is 0. The first-order valence-electron chi connectivity index (χ1n) is 9.66. The molecule has 2 N–H and O–H groups in total. The van der Waals surface area contributed by atoms with E-state index in [1.54, 1.807) is 6.07 Å². The lowest BCUT2D eigenvalue weighted by molar-refractivity contribution is 0.164. The first-order chi connectivity index (χ1) is 15.0. The highest BCUT2D eigenvalue weighted by atomic mass is 19.1. The van der Waals surface area contributed by atoms with E-state index in [2.05, 4.69) is 19.9 Å². The van der Waals surface area contributed by atoms with Crippen LogP contribution < -0.4 is 10.5 Å². The van der Waals surface area contributed by atoms with Crippen molar-refractivity contribution in [1.29, 1.82) is 0 Å². The van der Waals surface area contributed by atoms with Crippen LogP contribution in [0.15, 0.2) is 35.6 Å². The SMILES string of the molecule is COc1cnc2c(Cc3ccc(F)c([C@]4(CF)N=C(N)O[C@H]5C[C@H]54)c3F)nccc2n1. The molecule has 1 saturated carbocycles. The second-order valence-corrected chi connectivity index (χ2v) is 7.62. The Morgan fingerprint density at radius 2 is 2.10 bits per heavy atom. The van der Waals surface area contributed by atoms with Crippen molar-refractivity contribution in [3.8, 4) is 5.88 Å². The summed E-state index contributed by atoms with van der Waals surface area (Å²) in [5.74, 6) is -1.89. The molecular formula is C21H18F3N5O2. The number of nitrogens with zero attached hydrogens (tertiary/aromatic N) is 4. The van der Waals surface area contributed by atoms with Crippen LogP contribution in [-0.4, -0.2) is 40.9 Å². The Balaban J connectivity index is 1.60. The second kappa shape index (κ2) is 7.07. The molecule has 1 fully saturated rings. The first kappa shape index (κ1) is 19.5. The highest BCUT2D eigenvalue weighted by Crippen LogP contribution is 2.54. The van der Waals surface area contributed by atoms with Crippen molar-refractivity contribution in [1.82, 2.24) is 15.0 Å². The van der Waals surface area contributed by atoms with Gasteiger partial charge in [0, 0.05) is 18.5 Å². The smallest absolute Gasteiger partial charge is 0.283 e. The zero-order chi connectivity index (χ0) is 21.8. The van der Waals surface area contributed by atoms with E-state index >= 15 is 4.39 Å². The van der Waals surface area contributed by atoms with Gasteiger partial charge in [-0.05, 0) is 24.1 Å². The molecule has 0 saturated heterocycles. The Bertz CT molecular complexity index is 1220. The molecule has 5 rings (SSSR count). The van der Waals surface area contributed by atoms with Gasteiger partial charge in [0.1, 0.15) is 35.5 Å². The van der Waals surface area contributed by atoms with E-state index < -0.39 is 35.3 Å². The zero-order valence-electron chi connectivity index (χ0n) is 16.5. The number of methoxy groups -OCH3 is 1. The number of hydrogen-bond acceptors (Lipinski definition) is 7. The molecule has 0 spiro atoms. The molecule has 0 bridgehead atoms. The van der Waals surface area contributed by atoms with E-state index in [0.29, 0.717) is 29.0 Å². The molecule has 3 aromatic rings. The quantitative estimate of drug-likeness (QED) is 0.670. The maximum absolute atomic E-state index is 15.6. The van der Waals surface area contributed by atoms with Gasteiger partial charge < -0.3 is 15.2 Å². The molecule has 1 aromatic carbocycles. The van der Waals surface area contributed by atoms with Crippen molar-refractivity contribution in [2.45, 2.75) is 24.5 Å². The van der Waals surface area contributed by atoms with E-state index in [-0.39, 0.29) is 24.1 Å². The van der Waals surface area contributed by atoms with Gasteiger partial charge in [-0.1, -0.05) is 6.07 Å². The molecule has 160 valence electrons. The number of hydrogen-bond donors (Lipinski definition) is 1. The summed E-state index contributed by atoms with van der Waals surface area (Å²) in [5.41, 5.74) is 5.06. The van der Waals surface area contributed by atoms with Crippen molar-refractivity contribution < 1.29 is 22.6 Å². The van der Waals surface area contributed by atoms with Crippen molar-refractivity contribution >= 4 is 17.1 Å². The third-order valence-electron chi connectivity index (χ3n) is 5.82. The molecule has 1 aliphatic carbocycles. The van der Waals surface area contributed by atoms with Gasteiger partial charge in [-0.2, -0.15) is 0 Å². The fourth-order valence-electron chi connectivity index (χ4n) is 4.22. The summed E-state index contributed by atoms with van der Waals surface area (Å²) in [7, 11) is 1.48. The summed E-state index contributed by atoms with van der Waals surface area (Å²) in [6.45, 7) is -1.09. The highest BCUT2D eigenvalue weighted by Gasteiger charge is 2.61. The number of nitrogens with two attached hydrogens (primary N) is 1. The maximum atomic E-state index is 15.6. The molecular weight excluding hydrogens is 411 g/mol. The molecule has 3 atom stereocenters. The number of pyridine rings is 1. The van der Waals surface area contributed by atoms with Crippen LogP contribution in [0.3, 0.4) is 0 Å². The Kier molecular flexibility index (Phi) is 4.45. The molecule has 2 aliphatic rings. The van der Waals surface area contributed by atoms with Gasteiger partial charge in [-0.15, -0.1) is 0 Å². The van der Waals surface area contributed by atoms with Crippen LogP contribution in [0.4, 0.5) is 13.2 Å². The highest BCUT2D eigenvalue weighted by molar-refractivity contribution is 5.77. The minimum atomic E-state index is -1.74. The first-order valence-corrected chi connectivity index (χ1v) is 9.66. The van der Waals surface area contributed by atoms with E-state index in [0.717, 1.165) is 6.07 Å². The second-order valence-electron chi connectivity index (χ2n) is 7.62. The van der Waals surface area contributed by atoms with Crippen molar-refractivity contribution in [3.63, 3.8) is 0 Å². The topological polar surface area (TPSA) is 95.5 Å². The van der Waals surface area contributed by atoms with Crippen molar-refractivity contribution in [2.75, 3.05) is 13.8 Å². The molecule has 0 unspecified atom stereocenters. The van der Waals surface area contributed by atoms with Crippen LogP contribution in [0.5, 0.6) is 5.88 Å². The lowest BCUT2D eigenvalue weighted by Crippen LogP contribution is -2.40. The van der Waals surface area contributed by atoms with Gasteiger partial charge in [-0.3, -0.25) is 4.98 Å². The van der Waals surface area contributed by atoms with E-state index in [1.807, 2.05) is 0 Å². The Hall–Kier alpha value is -3.43. The van der Waals surface area contributed by atoms with E-state index in [4.69, 9.17) is 15.2 Å². The summed E-state index contributed by atoms with van der Waals surface area (Å²) in [4.78, 5) is 16.9. The van der Waals surface area contributed by atoms with Crippen molar-refractivity contribution in [3.05, 3.63) is 59.0 Å². The zero-order valence-corrected chi connectivity index (χ0v) is 16.5. The van der Waals surface area contributed by atoms with E-state index in [1.165, 1.54) is 25.6 Å². The number of rotatable bonds is 5. The fourth-order valence-corrected chi connectivity index (χ4v) is 4.22. The predicted molar refractivity (Wildman–Crippen MR) is 105 cm³/mol. The van der Waals surface area contributed by atoms with Crippen LogP contribution in [-0.2, 0) is 16.7 Å². The summed E-state index contributed by atoms with van der Waals surface area (Å²) in [6.07, 6.45) is 3.00. The number of ether oxygens (including phenoxy) is 2. The predicted octanol–water partition coefficient (Wildman–Crippen LogP) is 2.80. The molecule has 1 aliphatic heterocycles. The largest absolute Gasteiger partial charge is 0.480 e. The van der Waals surface area contributed by atoms with Gasteiger partial charge in [0.05, 0.1) is 30.1 Å². The normalized spacial score (nSPS) is 24.3. The third-order valence-corrected chi connectivity index (χ3v) is 5.82.